The molecule has 0 spiro atoms. The Balaban J connectivity index is 1.93. The summed E-state index contributed by atoms with van der Waals surface area (Å²) in [6.45, 7) is 4.21. The van der Waals surface area contributed by atoms with Gasteiger partial charge >= 0.3 is 0 Å². The predicted octanol–water partition coefficient (Wildman–Crippen LogP) is 3.47. The fraction of sp³-hybridized carbons (Fsp3) is 0.312. The summed E-state index contributed by atoms with van der Waals surface area (Å²) < 4.78 is 18.1. The van der Waals surface area contributed by atoms with E-state index in [1.54, 1.807) is 24.5 Å². The first-order valence-corrected chi connectivity index (χ1v) is 6.63. The summed E-state index contributed by atoms with van der Waals surface area (Å²) in [6, 6.07) is 9.87. The Labute approximate surface area is 117 Å². The molecule has 1 N–H and O–H groups in total. The van der Waals surface area contributed by atoms with Crippen molar-refractivity contribution in [2.45, 2.75) is 26.3 Å². The van der Waals surface area contributed by atoms with Crippen molar-refractivity contribution in [3.05, 3.63) is 59.8 Å². The lowest BCUT2D eigenvalue weighted by Gasteiger charge is -2.19. The molecule has 1 amide bonds. The molecule has 0 aliphatic rings. The Morgan fingerprint density at radius 3 is 2.55 bits per heavy atom. The van der Waals surface area contributed by atoms with Crippen LogP contribution in [-0.2, 0) is 11.3 Å². The quantitative estimate of drug-likeness (QED) is 0.907. The van der Waals surface area contributed by atoms with Crippen LogP contribution in [0.4, 0.5) is 4.39 Å². The molecule has 1 aromatic carbocycles. The molecule has 2 aromatic rings. The highest BCUT2D eigenvalue weighted by molar-refractivity contribution is 5.79. The zero-order chi connectivity index (χ0) is 14.5. The number of nitrogens with one attached hydrogen (secondary N) is 1. The van der Waals surface area contributed by atoms with Crippen molar-refractivity contribution in [3.63, 3.8) is 0 Å². The van der Waals surface area contributed by atoms with E-state index in [2.05, 4.69) is 5.32 Å². The number of amides is 1. The van der Waals surface area contributed by atoms with Gasteiger partial charge in [-0.15, -0.1) is 0 Å². The monoisotopic (exact) mass is 275 g/mol. The van der Waals surface area contributed by atoms with E-state index in [1.807, 2.05) is 19.9 Å². The van der Waals surface area contributed by atoms with E-state index in [9.17, 15) is 9.18 Å². The standard InChI is InChI=1S/C16H18FNO2/c1-11(13-5-7-14(17)8-6-13)12(2)16(19)18-10-15-4-3-9-20-15/h3-9,11-12H,10H2,1-2H3,(H,18,19). The number of carbonyl (C=O) groups excluding carboxylic acids is 1. The molecule has 2 atom stereocenters. The first-order valence-electron chi connectivity index (χ1n) is 6.63. The highest BCUT2D eigenvalue weighted by Gasteiger charge is 2.21. The minimum absolute atomic E-state index is 0.0206. The van der Waals surface area contributed by atoms with Crippen LogP contribution in [0.3, 0.4) is 0 Å². The maximum Gasteiger partial charge on any atom is 0.223 e. The van der Waals surface area contributed by atoms with Crippen molar-refractivity contribution in [3.8, 4) is 0 Å². The number of carbonyl (C=O) groups is 1. The fourth-order valence-corrected chi connectivity index (χ4v) is 2.03. The summed E-state index contributed by atoms with van der Waals surface area (Å²) in [5, 5.41) is 2.84. The Kier molecular flexibility index (Phi) is 4.56. The lowest BCUT2D eigenvalue weighted by atomic mass is 9.88. The number of benzene rings is 1. The van der Waals surface area contributed by atoms with Crippen LogP contribution < -0.4 is 5.32 Å². The van der Waals surface area contributed by atoms with Crippen LogP contribution in [0.25, 0.3) is 0 Å². The summed E-state index contributed by atoms with van der Waals surface area (Å²) in [7, 11) is 0. The molecule has 0 radical (unpaired) electrons. The molecule has 1 heterocycles. The van der Waals surface area contributed by atoms with E-state index in [1.165, 1.54) is 12.1 Å². The van der Waals surface area contributed by atoms with Crippen molar-refractivity contribution in [2.24, 2.45) is 5.92 Å². The van der Waals surface area contributed by atoms with E-state index in [0.717, 1.165) is 11.3 Å². The Hall–Kier alpha value is -2.10. The van der Waals surface area contributed by atoms with Crippen LogP contribution >= 0.6 is 0 Å². The molecule has 20 heavy (non-hydrogen) atoms. The second-order valence-corrected chi connectivity index (χ2v) is 4.93. The molecule has 0 saturated carbocycles. The first kappa shape index (κ1) is 14.3. The maximum atomic E-state index is 12.9. The molecule has 0 saturated heterocycles. The molecule has 1 aromatic heterocycles. The zero-order valence-electron chi connectivity index (χ0n) is 11.6. The molecule has 3 nitrogen and oxygen atoms in total. The number of furan rings is 1. The summed E-state index contributed by atoms with van der Waals surface area (Å²) in [6.07, 6.45) is 1.58. The minimum atomic E-state index is -0.268. The fourth-order valence-electron chi connectivity index (χ4n) is 2.03. The number of hydrogen-bond donors (Lipinski definition) is 1. The SMILES string of the molecule is CC(C(=O)NCc1ccco1)C(C)c1ccc(F)cc1. The van der Waals surface area contributed by atoms with E-state index in [4.69, 9.17) is 4.42 Å². The van der Waals surface area contributed by atoms with E-state index >= 15 is 0 Å². The average molecular weight is 275 g/mol. The van der Waals surface area contributed by atoms with E-state index < -0.39 is 0 Å². The Morgan fingerprint density at radius 2 is 1.95 bits per heavy atom. The van der Waals surface area contributed by atoms with Gasteiger partial charge < -0.3 is 9.73 Å². The normalized spacial score (nSPS) is 13.8. The number of rotatable bonds is 5. The van der Waals surface area contributed by atoms with Gasteiger partial charge in [-0.05, 0) is 35.7 Å². The molecular weight excluding hydrogens is 257 g/mol. The number of halogens is 1. The molecule has 0 fully saturated rings. The summed E-state index contributed by atoms with van der Waals surface area (Å²) in [5.74, 6) is 0.233. The molecular formula is C16H18FNO2. The van der Waals surface area contributed by atoms with E-state index in [-0.39, 0.29) is 23.6 Å². The highest BCUT2D eigenvalue weighted by Crippen LogP contribution is 2.24. The Bertz CT molecular complexity index is 548. The predicted molar refractivity (Wildman–Crippen MR) is 74.5 cm³/mol. The van der Waals surface area contributed by atoms with Crippen molar-refractivity contribution in [1.82, 2.24) is 5.32 Å². The van der Waals surface area contributed by atoms with Crippen LogP contribution in [0.5, 0.6) is 0 Å². The average Bonchev–Trinajstić information content (AvgIpc) is 2.97. The third-order valence-corrected chi connectivity index (χ3v) is 3.58. The van der Waals surface area contributed by atoms with E-state index in [0.29, 0.717) is 6.54 Å². The molecule has 106 valence electrons. The van der Waals surface area contributed by atoms with Crippen LogP contribution in [-0.4, -0.2) is 5.91 Å². The molecule has 0 aliphatic heterocycles. The van der Waals surface area contributed by atoms with Gasteiger partial charge in [-0.1, -0.05) is 26.0 Å². The van der Waals surface area contributed by atoms with Crippen molar-refractivity contribution < 1.29 is 13.6 Å². The topological polar surface area (TPSA) is 42.2 Å². The van der Waals surface area contributed by atoms with Gasteiger partial charge in [0.1, 0.15) is 11.6 Å². The van der Waals surface area contributed by atoms with Crippen LogP contribution in [0.1, 0.15) is 31.1 Å². The number of hydrogen-bond acceptors (Lipinski definition) is 2. The third kappa shape index (κ3) is 3.47. The second kappa shape index (κ2) is 6.37. The summed E-state index contributed by atoms with van der Waals surface area (Å²) in [5.41, 5.74) is 0.951. The maximum absolute atomic E-state index is 12.9. The summed E-state index contributed by atoms with van der Waals surface area (Å²) >= 11 is 0. The van der Waals surface area contributed by atoms with Crippen LogP contribution in [0.2, 0.25) is 0 Å². The lowest BCUT2D eigenvalue weighted by Crippen LogP contribution is -2.31. The minimum Gasteiger partial charge on any atom is -0.467 e. The van der Waals surface area contributed by atoms with Gasteiger partial charge in [-0.3, -0.25) is 4.79 Å². The van der Waals surface area contributed by atoms with Gasteiger partial charge in [0.05, 0.1) is 12.8 Å². The zero-order valence-corrected chi connectivity index (χ0v) is 11.6. The van der Waals surface area contributed by atoms with Gasteiger partial charge in [0, 0.05) is 5.92 Å². The van der Waals surface area contributed by atoms with Crippen LogP contribution in [0, 0.1) is 11.7 Å². The van der Waals surface area contributed by atoms with Gasteiger partial charge in [-0.2, -0.15) is 0 Å². The first-order chi connectivity index (χ1) is 9.58. The highest BCUT2D eigenvalue weighted by atomic mass is 19.1. The van der Waals surface area contributed by atoms with Crippen molar-refractivity contribution in [1.29, 1.82) is 0 Å². The van der Waals surface area contributed by atoms with Crippen molar-refractivity contribution >= 4 is 5.91 Å². The van der Waals surface area contributed by atoms with Gasteiger partial charge in [0.25, 0.3) is 0 Å². The molecule has 0 aliphatic carbocycles. The van der Waals surface area contributed by atoms with Gasteiger partial charge in [-0.25, -0.2) is 4.39 Å². The molecule has 2 rings (SSSR count). The third-order valence-electron chi connectivity index (χ3n) is 3.58. The smallest absolute Gasteiger partial charge is 0.223 e. The molecule has 4 heteroatoms. The van der Waals surface area contributed by atoms with Gasteiger partial charge in [0.15, 0.2) is 0 Å². The second-order valence-electron chi connectivity index (χ2n) is 4.93. The molecule has 0 bridgehead atoms. The largest absolute Gasteiger partial charge is 0.467 e. The summed E-state index contributed by atoms with van der Waals surface area (Å²) in [4.78, 5) is 12.1. The lowest BCUT2D eigenvalue weighted by molar-refractivity contribution is -0.125. The van der Waals surface area contributed by atoms with Crippen molar-refractivity contribution in [2.75, 3.05) is 0 Å². The Morgan fingerprint density at radius 1 is 1.25 bits per heavy atom. The van der Waals surface area contributed by atoms with Crippen LogP contribution in [0.15, 0.2) is 47.1 Å². The molecule has 2 unspecified atom stereocenters. The van der Waals surface area contributed by atoms with Gasteiger partial charge in [0.2, 0.25) is 5.91 Å².